The molecule has 1 aromatic rings. The van der Waals surface area contributed by atoms with Crippen LogP contribution in [0.3, 0.4) is 0 Å². The van der Waals surface area contributed by atoms with Gasteiger partial charge in [-0.05, 0) is 18.6 Å². The monoisotopic (exact) mass is 214 g/mol. The summed E-state index contributed by atoms with van der Waals surface area (Å²) < 4.78 is 10.9. The number of nitriles is 1. The third kappa shape index (κ3) is 2.13. The maximum Gasteiger partial charge on any atom is 0.497 e. The minimum absolute atomic E-state index is 0.359. The van der Waals surface area contributed by atoms with Crippen LogP contribution < -0.4 is 5.46 Å². The van der Waals surface area contributed by atoms with Crippen molar-refractivity contribution in [3.05, 3.63) is 35.7 Å². The maximum absolute atomic E-state index is 8.98. The summed E-state index contributed by atoms with van der Waals surface area (Å²) in [6.07, 6.45) is 0. The fourth-order valence-electron chi connectivity index (χ4n) is 1.50. The molecule has 0 radical (unpaired) electrons. The molecule has 0 unspecified atom stereocenters. The van der Waals surface area contributed by atoms with Crippen molar-refractivity contribution >= 4 is 12.6 Å². The van der Waals surface area contributed by atoms with Crippen molar-refractivity contribution in [1.29, 1.82) is 5.26 Å². The molecule has 2 heterocycles. The first kappa shape index (κ1) is 10.9. The SMILES string of the molecule is C=C1COB(c2ccc(C)nc2C#N)OC1. The van der Waals surface area contributed by atoms with Gasteiger partial charge < -0.3 is 9.31 Å². The fourth-order valence-corrected chi connectivity index (χ4v) is 1.50. The maximum atomic E-state index is 8.98. The Balaban J connectivity index is 2.27. The van der Waals surface area contributed by atoms with Gasteiger partial charge in [-0.25, -0.2) is 4.98 Å². The first-order chi connectivity index (χ1) is 7.70. The van der Waals surface area contributed by atoms with Gasteiger partial charge in [-0.15, -0.1) is 0 Å². The van der Waals surface area contributed by atoms with Gasteiger partial charge in [-0.3, -0.25) is 0 Å². The molecule has 80 valence electrons. The van der Waals surface area contributed by atoms with E-state index in [0.29, 0.717) is 24.4 Å². The van der Waals surface area contributed by atoms with Crippen LogP contribution in [0.2, 0.25) is 0 Å². The van der Waals surface area contributed by atoms with E-state index < -0.39 is 7.12 Å². The molecule has 4 nitrogen and oxygen atoms in total. The molecule has 16 heavy (non-hydrogen) atoms. The van der Waals surface area contributed by atoms with Crippen LogP contribution in [0.4, 0.5) is 0 Å². The summed E-state index contributed by atoms with van der Waals surface area (Å²) in [5.74, 6) is 0. The Hall–Kier alpha value is -1.64. The predicted octanol–water partition coefficient (Wildman–Crippen LogP) is 0.560. The fraction of sp³-hybridized carbons (Fsp3) is 0.273. The van der Waals surface area contributed by atoms with E-state index in [1.807, 2.05) is 19.1 Å². The molecule has 1 aliphatic rings. The summed E-state index contributed by atoms with van der Waals surface area (Å²) in [5.41, 5.74) is 2.74. The standard InChI is InChI=1S/C11H11BN2O2/c1-8-6-15-12(16-7-8)10-4-3-9(2)14-11(10)5-13/h3-4H,1,6-7H2,2H3. The number of nitrogens with zero attached hydrogens (tertiary/aromatic N) is 2. The second-order valence-corrected chi connectivity index (χ2v) is 3.71. The van der Waals surface area contributed by atoms with E-state index in [1.54, 1.807) is 0 Å². The van der Waals surface area contributed by atoms with Crippen LogP contribution in [0.1, 0.15) is 11.4 Å². The lowest BCUT2D eigenvalue weighted by atomic mass is 9.76. The topological polar surface area (TPSA) is 55.1 Å². The molecule has 0 bridgehead atoms. The molecule has 0 aromatic carbocycles. The summed E-state index contributed by atoms with van der Waals surface area (Å²) in [6.45, 7) is 6.53. The highest BCUT2D eigenvalue weighted by molar-refractivity contribution is 6.62. The van der Waals surface area contributed by atoms with E-state index in [2.05, 4.69) is 17.6 Å². The summed E-state index contributed by atoms with van der Waals surface area (Å²) in [4.78, 5) is 4.14. The molecule has 0 amide bonds. The highest BCUT2D eigenvalue weighted by atomic mass is 16.6. The normalized spacial score (nSPS) is 16.0. The average Bonchev–Trinajstić information content (AvgIpc) is 2.30. The summed E-state index contributed by atoms with van der Waals surface area (Å²) in [6, 6.07) is 5.71. The Morgan fingerprint density at radius 3 is 2.75 bits per heavy atom. The number of hydrogen-bond donors (Lipinski definition) is 0. The molecule has 0 N–H and O–H groups in total. The minimum atomic E-state index is -0.506. The van der Waals surface area contributed by atoms with Crippen molar-refractivity contribution < 1.29 is 9.31 Å². The highest BCUT2D eigenvalue weighted by Crippen LogP contribution is 2.07. The smallest absolute Gasteiger partial charge is 0.403 e. The number of pyridine rings is 1. The Kier molecular flexibility index (Phi) is 3.04. The van der Waals surface area contributed by atoms with Crippen molar-refractivity contribution in [2.24, 2.45) is 0 Å². The van der Waals surface area contributed by atoms with Crippen molar-refractivity contribution in [3.8, 4) is 6.07 Å². The zero-order chi connectivity index (χ0) is 11.5. The number of rotatable bonds is 1. The van der Waals surface area contributed by atoms with Crippen LogP contribution in [-0.2, 0) is 9.31 Å². The van der Waals surface area contributed by atoms with Crippen LogP contribution in [-0.4, -0.2) is 25.3 Å². The third-order valence-electron chi connectivity index (χ3n) is 2.30. The molecule has 1 fully saturated rings. The third-order valence-corrected chi connectivity index (χ3v) is 2.30. The lowest BCUT2D eigenvalue weighted by Crippen LogP contribution is -2.43. The highest BCUT2D eigenvalue weighted by Gasteiger charge is 2.28. The van der Waals surface area contributed by atoms with Gasteiger partial charge in [0, 0.05) is 11.2 Å². The van der Waals surface area contributed by atoms with Crippen molar-refractivity contribution in [1.82, 2.24) is 4.98 Å². The molecule has 1 aliphatic heterocycles. The average molecular weight is 214 g/mol. The van der Waals surface area contributed by atoms with Crippen LogP contribution in [0.15, 0.2) is 24.3 Å². The molecule has 0 aliphatic carbocycles. The van der Waals surface area contributed by atoms with Gasteiger partial charge >= 0.3 is 7.12 Å². The number of aromatic nitrogens is 1. The molecule has 1 aromatic heterocycles. The summed E-state index contributed by atoms with van der Waals surface area (Å²) in [7, 11) is -0.506. The van der Waals surface area contributed by atoms with Crippen LogP contribution in [0.5, 0.6) is 0 Å². The molecule has 0 atom stereocenters. The quantitative estimate of drug-likeness (QED) is 0.506. The van der Waals surface area contributed by atoms with Gasteiger partial charge in [0.05, 0.1) is 13.2 Å². The lowest BCUT2D eigenvalue weighted by Gasteiger charge is -2.22. The van der Waals surface area contributed by atoms with Crippen LogP contribution >= 0.6 is 0 Å². The van der Waals surface area contributed by atoms with Crippen molar-refractivity contribution in [2.75, 3.05) is 13.2 Å². The second kappa shape index (κ2) is 4.48. The van der Waals surface area contributed by atoms with Crippen LogP contribution in [0.25, 0.3) is 0 Å². The van der Waals surface area contributed by atoms with E-state index in [-0.39, 0.29) is 0 Å². The Morgan fingerprint density at radius 2 is 2.12 bits per heavy atom. The van der Waals surface area contributed by atoms with Crippen molar-refractivity contribution in [3.63, 3.8) is 0 Å². The Labute approximate surface area is 94.7 Å². The van der Waals surface area contributed by atoms with Crippen LogP contribution in [0, 0.1) is 18.3 Å². The molecule has 5 heteroatoms. The van der Waals surface area contributed by atoms with E-state index in [0.717, 1.165) is 11.3 Å². The van der Waals surface area contributed by atoms with Crippen molar-refractivity contribution in [2.45, 2.75) is 6.92 Å². The van der Waals surface area contributed by atoms with E-state index in [9.17, 15) is 0 Å². The zero-order valence-electron chi connectivity index (χ0n) is 9.06. The summed E-state index contributed by atoms with van der Waals surface area (Å²) in [5, 5.41) is 8.98. The van der Waals surface area contributed by atoms with E-state index in [4.69, 9.17) is 14.6 Å². The van der Waals surface area contributed by atoms with Gasteiger partial charge in [0.15, 0.2) is 0 Å². The molecular formula is C11H11BN2O2. The van der Waals surface area contributed by atoms with Gasteiger partial charge in [0.1, 0.15) is 11.8 Å². The van der Waals surface area contributed by atoms with Gasteiger partial charge in [-0.2, -0.15) is 5.26 Å². The first-order valence-electron chi connectivity index (χ1n) is 4.98. The van der Waals surface area contributed by atoms with Gasteiger partial charge in [0.2, 0.25) is 0 Å². The van der Waals surface area contributed by atoms with Gasteiger partial charge in [0.25, 0.3) is 0 Å². The molecule has 0 saturated carbocycles. The van der Waals surface area contributed by atoms with E-state index in [1.165, 1.54) is 0 Å². The molecule has 0 spiro atoms. The van der Waals surface area contributed by atoms with Gasteiger partial charge in [-0.1, -0.05) is 12.6 Å². The Morgan fingerprint density at radius 1 is 1.44 bits per heavy atom. The number of hydrogen-bond acceptors (Lipinski definition) is 4. The Bertz CT molecular complexity index is 458. The molecule has 2 rings (SSSR count). The minimum Gasteiger partial charge on any atom is -0.403 e. The largest absolute Gasteiger partial charge is 0.497 e. The molecular weight excluding hydrogens is 203 g/mol. The first-order valence-corrected chi connectivity index (χ1v) is 4.98. The zero-order valence-corrected chi connectivity index (χ0v) is 9.06. The predicted molar refractivity (Wildman–Crippen MR) is 60.1 cm³/mol. The number of aryl methyl sites for hydroxylation is 1. The van der Waals surface area contributed by atoms with E-state index >= 15 is 0 Å². The lowest BCUT2D eigenvalue weighted by molar-refractivity contribution is 0.189. The second-order valence-electron chi connectivity index (χ2n) is 3.71. The molecule has 1 saturated heterocycles. The summed E-state index contributed by atoms with van der Waals surface area (Å²) >= 11 is 0.